The molecule has 0 atom stereocenters. The van der Waals surface area contributed by atoms with Crippen molar-refractivity contribution in [1.29, 1.82) is 0 Å². The zero-order chi connectivity index (χ0) is 27.7. The number of hydrogen-bond donors (Lipinski definition) is 1. The van der Waals surface area contributed by atoms with E-state index >= 15 is 0 Å². The van der Waals surface area contributed by atoms with Crippen LogP contribution in [0, 0.1) is 0 Å². The largest absolute Gasteiger partial charge is 0.484 e. The first-order valence-corrected chi connectivity index (χ1v) is 12.1. The van der Waals surface area contributed by atoms with Crippen molar-refractivity contribution in [2.75, 3.05) is 11.9 Å². The van der Waals surface area contributed by atoms with Gasteiger partial charge in [-0.05, 0) is 53.2 Å². The van der Waals surface area contributed by atoms with Crippen LogP contribution in [-0.2, 0) is 11.0 Å². The van der Waals surface area contributed by atoms with Crippen LogP contribution in [0.1, 0.15) is 5.76 Å². The number of nitrogens with one attached hydrogen (secondary N) is 1. The molecule has 5 rings (SSSR count). The molecule has 0 radical (unpaired) electrons. The van der Waals surface area contributed by atoms with Crippen molar-refractivity contribution in [3.8, 4) is 17.2 Å². The minimum atomic E-state index is -5.04. The molecule has 1 aromatic heterocycles. The molecule has 0 saturated heterocycles. The molecular formula is C28H16Cl2F3NO5. The second-order valence-corrected chi connectivity index (χ2v) is 9.16. The number of carbonyl (C=O) groups is 1. The van der Waals surface area contributed by atoms with Gasteiger partial charge in [0.2, 0.25) is 11.2 Å². The predicted molar refractivity (Wildman–Crippen MR) is 142 cm³/mol. The SMILES string of the molecule is O=C(COc1ccc2c(=O)c(Oc3ccc4ccccc4c3)c(C(F)(F)F)oc2c1)Nc1cc(Cl)ccc1Cl. The van der Waals surface area contributed by atoms with E-state index in [1.54, 1.807) is 24.3 Å². The number of alkyl halides is 3. The Labute approximate surface area is 228 Å². The highest BCUT2D eigenvalue weighted by atomic mass is 35.5. The Morgan fingerprint density at radius 1 is 0.897 bits per heavy atom. The summed E-state index contributed by atoms with van der Waals surface area (Å²) < 4.78 is 57.7. The van der Waals surface area contributed by atoms with Crippen LogP contribution >= 0.6 is 23.2 Å². The van der Waals surface area contributed by atoms with Gasteiger partial charge in [-0.3, -0.25) is 9.59 Å². The lowest BCUT2D eigenvalue weighted by Gasteiger charge is -2.14. The second-order valence-electron chi connectivity index (χ2n) is 8.32. The number of amides is 1. The van der Waals surface area contributed by atoms with Gasteiger partial charge in [-0.25, -0.2) is 0 Å². The molecule has 0 aliphatic heterocycles. The summed E-state index contributed by atoms with van der Waals surface area (Å²) in [7, 11) is 0. The van der Waals surface area contributed by atoms with E-state index in [-0.39, 0.29) is 27.6 Å². The number of halogens is 5. The first kappa shape index (κ1) is 26.4. The van der Waals surface area contributed by atoms with Gasteiger partial charge in [0.1, 0.15) is 17.1 Å². The quantitative estimate of drug-likeness (QED) is 0.222. The number of anilines is 1. The second kappa shape index (κ2) is 10.5. The minimum Gasteiger partial charge on any atom is -0.484 e. The summed E-state index contributed by atoms with van der Waals surface area (Å²) in [6.45, 7) is -0.506. The van der Waals surface area contributed by atoms with Crippen LogP contribution in [0.5, 0.6) is 17.2 Å². The topological polar surface area (TPSA) is 77.8 Å². The van der Waals surface area contributed by atoms with Crippen LogP contribution in [0.15, 0.2) is 88.1 Å². The number of fused-ring (bicyclic) bond motifs is 2. The van der Waals surface area contributed by atoms with Crippen LogP contribution in [0.4, 0.5) is 18.9 Å². The van der Waals surface area contributed by atoms with Gasteiger partial charge in [-0.2, -0.15) is 13.2 Å². The van der Waals surface area contributed by atoms with Crippen molar-refractivity contribution >= 4 is 56.5 Å². The van der Waals surface area contributed by atoms with Crippen molar-refractivity contribution in [2.24, 2.45) is 0 Å². The maximum atomic E-state index is 13.9. The Morgan fingerprint density at radius 3 is 2.41 bits per heavy atom. The Hall–Kier alpha value is -4.21. The molecule has 0 fully saturated rings. The highest BCUT2D eigenvalue weighted by Gasteiger charge is 2.40. The van der Waals surface area contributed by atoms with Crippen molar-refractivity contribution in [2.45, 2.75) is 6.18 Å². The molecule has 198 valence electrons. The standard InChI is InChI=1S/C28H16Cl2F3NO5/c29-17-6-10-21(30)22(12-17)34-24(35)14-37-18-8-9-20-23(13-18)39-27(28(31,32)33)26(25(20)36)38-19-7-5-15-3-1-2-4-16(15)11-19/h1-13H,14H2,(H,34,35). The molecule has 5 aromatic rings. The molecular weight excluding hydrogens is 558 g/mol. The molecule has 1 heterocycles. The van der Waals surface area contributed by atoms with Gasteiger partial charge in [0, 0.05) is 11.1 Å². The summed E-state index contributed by atoms with van der Waals surface area (Å²) in [6.07, 6.45) is -5.04. The predicted octanol–water partition coefficient (Wildman–Crippen LogP) is 8.08. The molecule has 11 heteroatoms. The Kier molecular flexibility index (Phi) is 7.12. The Bertz CT molecular complexity index is 1790. The Balaban J connectivity index is 1.42. The van der Waals surface area contributed by atoms with E-state index < -0.39 is 41.2 Å². The maximum Gasteiger partial charge on any atom is 0.453 e. The van der Waals surface area contributed by atoms with Crippen molar-refractivity contribution in [3.63, 3.8) is 0 Å². The molecule has 6 nitrogen and oxygen atoms in total. The molecule has 0 bridgehead atoms. The van der Waals surface area contributed by atoms with Crippen LogP contribution < -0.4 is 20.2 Å². The molecule has 39 heavy (non-hydrogen) atoms. The smallest absolute Gasteiger partial charge is 0.453 e. The average molecular weight is 574 g/mol. The van der Waals surface area contributed by atoms with Crippen molar-refractivity contribution in [3.05, 3.63) is 105 Å². The molecule has 0 spiro atoms. The summed E-state index contributed by atoms with van der Waals surface area (Å²) in [4.78, 5) is 25.4. The number of ether oxygens (including phenoxy) is 2. The fourth-order valence-corrected chi connectivity index (χ4v) is 4.14. The number of benzene rings is 4. The monoisotopic (exact) mass is 573 g/mol. The van der Waals surface area contributed by atoms with E-state index in [1.807, 2.05) is 12.1 Å². The third kappa shape index (κ3) is 5.79. The van der Waals surface area contributed by atoms with E-state index in [4.69, 9.17) is 37.1 Å². The molecule has 0 saturated carbocycles. The van der Waals surface area contributed by atoms with Gasteiger partial charge < -0.3 is 19.2 Å². The normalized spacial score (nSPS) is 11.5. The van der Waals surface area contributed by atoms with E-state index in [0.29, 0.717) is 5.02 Å². The van der Waals surface area contributed by atoms with E-state index in [1.165, 1.54) is 36.4 Å². The highest BCUT2D eigenvalue weighted by molar-refractivity contribution is 6.35. The van der Waals surface area contributed by atoms with Gasteiger partial charge in [0.05, 0.1) is 16.1 Å². The van der Waals surface area contributed by atoms with E-state index in [9.17, 15) is 22.8 Å². The number of hydrogen-bond acceptors (Lipinski definition) is 5. The zero-order valence-electron chi connectivity index (χ0n) is 19.6. The minimum absolute atomic E-state index is 0.00527. The highest BCUT2D eigenvalue weighted by Crippen LogP contribution is 2.39. The molecule has 0 aliphatic rings. The first-order chi connectivity index (χ1) is 18.6. The third-order valence-corrected chi connectivity index (χ3v) is 6.16. The maximum absolute atomic E-state index is 13.9. The lowest BCUT2D eigenvalue weighted by molar-refractivity contribution is -0.154. The molecule has 0 aliphatic carbocycles. The molecule has 4 aromatic carbocycles. The van der Waals surface area contributed by atoms with Gasteiger partial charge in [0.25, 0.3) is 11.7 Å². The van der Waals surface area contributed by atoms with Crippen molar-refractivity contribution < 1.29 is 31.9 Å². The van der Waals surface area contributed by atoms with Gasteiger partial charge in [-0.1, -0.05) is 53.5 Å². The first-order valence-electron chi connectivity index (χ1n) is 11.3. The fourth-order valence-electron chi connectivity index (χ4n) is 3.80. The van der Waals surface area contributed by atoms with Crippen LogP contribution in [0.2, 0.25) is 10.0 Å². The van der Waals surface area contributed by atoms with E-state index in [2.05, 4.69) is 5.32 Å². The van der Waals surface area contributed by atoms with Gasteiger partial charge in [-0.15, -0.1) is 0 Å². The molecule has 1 N–H and O–H groups in total. The average Bonchev–Trinajstić information content (AvgIpc) is 2.90. The summed E-state index contributed by atoms with van der Waals surface area (Å²) in [5, 5.41) is 4.53. The van der Waals surface area contributed by atoms with E-state index in [0.717, 1.165) is 16.8 Å². The fraction of sp³-hybridized carbons (Fsp3) is 0.0714. The molecule has 1 amide bonds. The van der Waals surface area contributed by atoms with Crippen LogP contribution in [0.3, 0.4) is 0 Å². The van der Waals surface area contributed by atoms with Crippen molar-refractivity contribution in [1.82, 2.24) is 0 Å². The van der Waals surface area contributed by atoms with Crippen LogP contribution in [-0.4, -0.2) is 12.5 Å². The lowest BCUT2D eigenvalue weighted by Crippen LogP contribution is -2.20. The lowest BCUT2D eigenvalue weighted by atomic mass is 10.1. The van der Waals surface area contributed by atoms with Crippen LogP contribution in [0.25, 0.3) is 21.7 Å². The molecule has 0 unspecified atom stereocenters. The summed E-state index contributed by atoms with van der Waals surface area (Å²) in [5.41, 5.74) is -1.15. The zero-order valence-corrected chi connectivity index (χ0v) is 21.2. The van der Waals surface area contributed by atoms with Gasteiger partial charge in [0.15, 0.2) is 6.61 Å². The third-order valence-electron chi connectivity index (χ3n) is 5.59. The number of carbonyl (C=O) groups excluding carboxylic acids is 1. The number of rotatable bonds is 6. The Morgan fingerprint density at radius 2 is 1.64 bits per heavy atom. The summed E-state index contributed by atoms with van der Waals surface area (Å²) in [6, 6.07) is 20.0. The van der Waals surface area contributed by atoms with Gasteiger partial charge >= 0.3 is 6.18 Å². The summed E-state index contributed by atoms with van der Waals surface area (Å²) >= 11 is 11.9. The summed E-state index contributed by atoms with van der Waals surface area (Å²) in [5.74, 6) is -3.16.